The fourth-order valence-electron chi connectivity index (χ4n) is 4.65. The van der Waals surface area contributed by atoms with Crippen LogP contribution in [0.15, 0.2) is 42.5 Å². The monoisotopic (exact) mass is 519 g/mol. The molecule has 2 aromatic rings. The van der Waals surface area contributed by atoms with Gasteiger partial charge < -0.3 is 29.7 Å². The molecule has 2 N–H and O–H groups in total. The van der Waals surface area contributed by atoms with Crippen LogP contribution in [0, 0.1) is 0 Å². The van der Waals surface area contributed by atoms with Crippen molar-refractivity contribution in [3.05, 3.63) is 59.2 Å². The standard InChI is InChI=1S/C26H28F3N3O5/c1-4-32-13-19-20(6-5-7-21(19)31-24(32)34)30-23(33)10-16-12-25(14-35-2,15-36-3)37-22-11-17(26(27,28)29)8-9-18(16)22/h5-11H,4,12-15H2,1-3H3,(H,30,33)(H,31,34)/b16-10+. The molecule has 2 heterocycles. The number of anilines is 2. The van der Waals surface area contributed by atoms with Gasteiger partial charge in [-0.25, -0.2) is 4.79 Å². The Morgan fingerprint density at radius 1 is 1.22 bits per heavy atom. The highest BCUT2D eigenvalue weighted by Crippen LogP contribution is 2.43. The van der Waals surface area contributed by atoms with Crippen LogP contribution < -0.4 is 15.4 Å². The Bertz CT molecular complexity index is 1220. The minimum Gasteiger partial charge on any atom is -0.481 e. The lowest BCUT2D eigenvalue weighted by atomic mass is 9.86. The molecule has 3 amide bonds. The van der Waals surface area contributed by atoms with Crippen LogP contribution in [0.4, 0.5) is 29.3 Å². The van der Waals surface area contributed by atoms with Crippen molar-refractivity contribution in [1.82, 2.24) is 4.90 Å². The summed E-state index contributed by atoms with van der Waals surface area (Å²) in [6, 6.07) is 8.18. The molecule has 2 aliphatic rings. The summed E-state index contributed by atoms with van der Waals surface area (Å²) in [6.45, 7) is 2.75. The van der Waals surface area contributed by atoms with Gasteiger partial charge in [0.25, 0.3) is 0 Å². The van der Waals surface area contributed by atoms with E-state index in [2.05, 4.69) is 10.6 Å². The number of benzene rings is 2. The van der Waals surface area contributed by atoms with Gasteiger partial charge in [0.2, 0.25) is 5.91 Å². The highest BCUT2D eigenvalue weighted by Gasteiger charge is 2.41. The van der Waals surface area contributed by atoms with Crippen LogP contribution in [-0.4, -0.2) is 56.4 Å². The number of nitrogens with zero attached hydrogens (tertiary/aromatic N) is 1. The topological polar surface area (TPSA) is 89.1 Å². The van der Waals surface area contributed by atoms with E-state index in [1.54, 1.807) is 23.1 Å². The predicted molar refractivity (Wildman–Crippen MR) is 131 cm³/mol. The van der Waals surface area contributed by atoms with Crippen molar-refractivity contribution >= 4 is 28.9 Å². The van der Waals surface area contributed by atoms with E-state index in [9.17, 15) is 22.8 Å². The fourth-order valence-corrected chi connectivity index (χ4v) is 4.65. The van der Waals surface area contributed by atoms with E-state index in [1.807, 2.05) is 6.92 Å². The number of ether oxygens (including phenoxy) is 3. The molecule has 11 heteroatoms. The van der Waals surface area contributed by atoms with Crippen LogP contribution in [0.3, 0.4) is 0 Å². The normalized spacial score (nSPS) is 17.5. The molecule has 0 atom stereocenters. The van der Waals surface area contributed by atoms with Gasteiger partial charge in [-0.1, -0.05) is 12.1 Å². The molecule has 198 valence electrons. The van der Waals surface area contributed by atoms with E-state index < -0.39 is 23.2 Å². The van der Waals surface area contributed by atoms with E-state index in [0.717, 1.165) is 17.7 Å². The van der Waals surface area contributed by atoms with Gasteiger partial charge >= 0.3 is 12.2 Å². The average molecular weight is 520 g/mol. The quantitative estimate of drug-likeness (QED) is 0.508. The summed E-state index contributed by atoms with van der Waals surface area (Å²) in [5.74, 6) is -0.479. The van der Waals surface area contributed by atoms with E-state index in [4.69, 9.17) is 14.2 Å². The first kappa shape index (κ1) is 26.5. The van der Waals surface area contributed by atoms with E-state index in [-0.39, 0.29) is 31.4 Å². The van der Waals surface area contributed by atoms with Crippen molar-refractivity contribution in [3.8, 4) is 5.75 Å². The fraction of sp³-hybridized carbons (Fsp3) is 0.385. The molecule has 0 saturated carbocycles. The minimum absolute atomic E-state index is 0.00684. The zero-order valence-corrected chi connectivity index (χ0v) is 20.7. The van der Waals surface area contributed by atoms with Crippen LogP contribution in [0.1, 0.15) is 30.0 Å². The van der Waals surface area contributed by atoms with Gasteiger partial charge in [0.15, 0.2) is 5.60 Å². The Balaban J connectivity index is 1.69. The number of hydrogen-bond acceptors (Lipinski definition) is 5. The number of rotatable bonds is 7. The van der Waals surface area contributed by atoms with Crippen molar-refractivity contribution in [2.45, 2.75) is 31.7 Å². The number of carbonyl (C=O) groups excluding carboxylic acids is 2. The number of methoxy groups -OCH3 is 2. The van der Waals surface area contributed by atoms with Gasteiger partial charge in [-0.15, -0.1) is 0 Å². The Morgan fingerprint density at radius 3 is 2.59 bits per heavy atom. The molecule has 0 fully saturated rings. The summed E-state index contributed by atoms with van der Waals surface area (Å²) in [7, 11) is 2.91. The third-order valence-corrected chi connectivity index (χ3v) is 6.31. The first-order valence-electron chi connectivity index (χ1n) is 11.7. The first-order valence-corrected chi connectivity index (χ1v) is 11.7. The van der Waals surface area contributed by atoms with Gasteiger partial charge in [-0.3, -0.25) is 4.79 Å². The Morgan fingerprint density at radius 2 is 1.95 bits per heavy atom. The van der Waals surface area contributed by atoms with Crippen molar-refractivity contribution in [1.29, 1.82) is 0 Å². The van der Waals surface area contributed by atoms with Gasteiger partial charge in [0, 0.05) is 55.8 Å². The van der Waals surface area contributed by atoms with E-state index >= 15 is 0 Å². The number of urea groups is 1. The maximum Gasteiger partial charge on any atom is 0.416 e. The summed E-state index contributed by atoms with van der Waals surface area (Å²) in [4.78, 5) is 26.9. The third kappa shape index (κ3) is 5.57. The second-order valence-corrected chi connectivity index (χ2v) is 8.97. The second kappa shape index (κ2) is 10.4. The molecule has 0 radical (unpaired) electrons. The van der Waals surface area contributed by atoms with Crippen LogP contribution in [0.5, 0.6) is 5.75 Å². The zero-order valence-electron chi connectivity index (χ0n) is 20.7. The number of hydrogen-bond donors (Lipinski definition) is 2. The number of nitrogens with one attached hydrogen (secondary N) is 2. The number of halogens is 3. The van der Waals surface area contributed by atoms with E-state index in [0.29, 0.717) is 35.6 Å². The predicted octanol–water partition coefficient (Wildman–Crippen LogP) is 4.91. The molecule has 0 bridgehead atoms. The van der Waals surface area contributed by atoms with Gasteiger partial charge in [0.05, 0.1) is 25.3 Å². The lowest BCUT2D eigenvalue weighted by Crippen LogP contribution is -2.47. The lowest BCUT2D eigenvalue weighted by molar-refractivity contribution is -0.138. The second-order valence-electron chi connectivity index (χ2n) is 8.97. The van der Waals surface area contributed by atoms with Crippen LogP contribution in [-0.2, 0) is 27.0 Å². The number of fused-ring (bicyclic) bond motifs is 2. The SMILES string of the molecule is CCN1Cc2c(NC(=O)/C=C3\CC(COC)(COC)Oc4cc(C(F)(F)F)ccc43)cccc2NC1=O. The Hall–Kier alpha value is -3.57. The molecule has 0 unspecified atom stereocenters. The summed E-state index contributed by atoms with van der Waals surface area (Å²) >= 11 is 0. The van der Waals surface area contributed by atoms with E-state index in [1.165, 1.54) is 26.4 Å². The summed E-state index contributed by atoms with van der Waals surface area (Å²) < 4.78 is 56.8. The maximum absolute atomic E-state index is 13.4. The molecule has 8 nitrogen and oxygen atoms in total. The molecule has 4 rings (SSSR count). The average Bonchev–Trinajstić information content (AvgIpc) is 2.83. The van der Waals surface area contributed by atoms with Crippen LogP contribution in [0.2, 0.25) is 0 Å². The van der Waals surface area contributed by atoms with Crippen LogP contribution in [0.25, 0.3) is 5.57 Å². The summed E-state index contributed by atoms with van der Waals surface area (Å²) in [6.07, 6.45) is -3.03. The first-order chi connectivity index (χ1) is 17.6. The molecule has 0 spiro atoms. The lowest BCUT2D eigenvalue weighted by Gasteiger charge is -2.39. The number of carbonyl (C=O) groups is 2. The minimum atomic E-state index is -4.56. The molecule has 0 aromatic heterocycles. The molecular formula is C26H28F3N3O5. The molecule has 37 heavy (non-hydrogen) atoms. The zero-order chi connectivity index (χ0) is 26.8. The molecule has 2 aromatic carbocycles. The van der Waals surface area contributed by atoms with Crippen molar-refractivity contribution in [3.63, 3.8) is 0 Å². The van der Waals surface area contributed by atoms with Gasteiger partial charge in [0.1, 0.15) is 5.75 Å². The largest absolute Gasteiger partial charge is 0.481 e. The van der Waals surface area contributed by atoms with Gasteiger partial charge in [-0.05, 0) is 36.8 Å². The van der Waals surface area contributed by atoms with Crippen molar-refractivity contribution in [2.75, 3.05) is 44.6 Å². The Kier molecular flexibility index (Phi) is 7.47. The molecule has 0 aliphatic carbocycles. The Labute approximate surface area is 212 Å². The number of amides is 3. The summed E-state index contributed by atoms with van der Waals surface area (Å²) in [5, 5.41) is 5.67. The highest BCUT2D eigenvalue weighted by atomic mass is 19.4. The molecule has 2 aliphatic heterocycles. The molecule has 0 saturated heterocycles. The highest BCUT2D eigenvalue weighted by molar-refractivity contribution is 6.06. The summed E-state index contributed by atoms with van der Waals surface area (Å²) in [5.41, 5.74) is 0.767. The van der Waals surface area contributed by atoms with Crippen molar-refractivity contribution in [2.24, 2.45) is 0 Å². The van der Waals surface area contributed by atoms with Crippen molar-refractivity contribution < 1.29 is 37.0 Å². The smallest absolute Gasteiger partial charge is 0.416 e. The van der Waals surface area contributed by atoms with Crippen LogP contribution >= 0.6 is 0 Å². The molecular weight excluding hydrogens is 491 g/mol. The number of alkyl halides is 3. The van der Waals surface area contributed by atoms with Gasteiger partial charge in [-0.2, -0.15) is 13.2 Å². The third-order valence-electron chi connectivity index (χ3n) is 6.31. The maximum atomic E-state index is 13.4.